The van der Waals surface area contributed by atoms with Crippen LogP contribution in [0.4, 0.5) is 0 Å². The van der Waals surface area contributed by atoms with Crippen molar-refractivity contribution < 1.29 is 4.74 Å². The highest BCUT2D eigenvalue weighted by Crippen LogP contribution is 2.18. The maximum absolute atomic E-state index is 5.67. The molecule has 2 aromatic rings. The van der Waals surface area contributed by atoms with E-state index >= 15 is 0 Å². The van der Waals surface area contributed by atoms with Crippen LogP contribution in [-0.2, 0) is 17.8 Å². The Morgan fingerprint density at radius 2 is 2.00 bits per heavy atom. The van der Waals surface area contributed by atoms with Gasteiger partial charge >= 0.3 is 0 Å². The summed E-state index contributed by atoms with van der Waals surface area (Å²) in [6, 6.07) is 10.2. The molecule has 0 aliphatic rings. The van der Waals surface area contributed by atoms with E-state index in [0.29, 0.717) is 19.1 Å². The molecule has 4 heteroatoms. The highest BCUT2D eigenvalue weighted by atomic mass is 127. The van der Waals surface area contributed by atoms with Gasteiger partial charge in [0.25, 0.3) is 0 Å². The molecule has 0 amide bonds. The molecule has 0 radical (unpaired) electrons. The van der Waals surface area contributed by atoms with Crippen LogP contribution >= 0.6 is 22.6 Å². The molecule has 1 heterocycles. The van der Waals surface area contributed by atoms with Gasteiger partial charge in [-0.3, -0.25) is 0 Å². The van der Waals surface area contributed by atoms with Gasteiger partial charge in [-0.1, -0.05) is 44.2 Å². The Hall–Kier alpha value is -0.880. The zero-order valence-electron chi connectivity index (χ0n) is 11.3. The second-order valence-electron chi connectivity index (χ2n) is 4.83. The monoisotopic (exact) mass is 370 g/mol. The summed E-state index contributed by atoms with van der Waals surface area (Å²) in [5.74, 6) is 1.50. The predicted molar refractivity (Wildman–Crippen MR) is 85.2 cm³/mol. The van der Waals surface area contributed by atoms with E-state index < -0.39 is 0 Å². The van der Waals surface area contributed by atoms with Gasteiger partial charge in [0.1, 0.15) is 9.53 Å². The molecule has 0 saturated carbocycles. The minimum atomic E-state index is 0.485. The first kappa shape index (κ1) is 14.5. The van der Waals surface area contributed by atoms with E-state index in [9.17, 15) is 0 Å². The summed E-state index contributed by atoms with van der Waals surface area (Å²) in [5.41, 5.74) is 2.43. The number of H-pyrrole nitrogens is 1. The second kappa shape index (κ2) is 7.05. The molecule has 0 aliphatic heterocycles. The quantitative estimate of drug-likeness (QED) is 0.619. The van der Waals surface area contributed by atoms with Crippen molar-refractivity contribution >= 4 is 22.6 Å². The molecule has 0 saturated heterocycles. The van der Waals surface area contributed by atoms with Gasteiger partial charge in [0.15, 0.2) is 0 Å². The Morgan fingerprint density at radius 1 is 1.26 bits per heavy atom. The van der Waals surface area contributed by atoms with E-state index in [1.165, 1.54) is 11.3 Å². The Balaban J connectivity index is 1.78. The average molecular weight is 370 g/mol. The molecule has 1 N–H and O–H groups in total. The average Bonchev–Trinajstić information content (AvgIpc) is 2.77. The number of rotatable bonds is 6. The fourth-order valence-electron chi connectivity index (χ4n) is 1.85. The van der Waals surface area contributed by atoms with Crippen molar-refractivity contribution in [3.63, 3.8) is 0 Å². The molecular formula is C15H19IN2O. The molecule has 0 bridgehead atoms. The van der Waals surface area contributed by atoms with Gasteiger partial charge in [-0.2, -0.15) is 0 Å². The lowest BCUT2D eigenvalue weighted by Crippen LogP contribution is -2.00. The highest BCUT2D eigenvalue weighted by molar-refractivity contribution is 14.1. The third-order valence-electron chi connectivity index (χ3n) is 2.91. The zero-order valence-corrected chi connectivity index (χ0v) is 13.5. The Labute approximate surface area is 127 Å². The van der Waals surface area contributed by atoms with Crippen LogP contribution in [0.1, 0.15) is 36.8 Å². The molecule has 1 aromatic carbocycles. The summed E-state index contributed by atoms with van der Waals surface area (Å²) in [4.78, 5) is 7.91. The van der Waals surface area contributed by atoms with Crippen molar-refractivity contribution in [2.75, 3.05) is 6.61 Å². The third kappa shape index (κ3) is 4.31. The normalized spacial score (nSPS) is 11.2. The zero-order chi connectivity index (χ0) is 13.7. The minimum absolute atomic E-state index is 0.485. The van der Waals surface area contributed by atoms with E-state index in [-0.39, 0.29) is 0 Å². The molecule has 0 unspecified atom stereocenters. The first-order valence-corrected chi connectivity index (χ1v) is 7.60. The molecular weight excluding hydrogens is 351 g/mol. The van der Waals surface area contributed by atoms with Crippen molar-refractivity contribution in [1.82, 2.24) is 9.97 Å². The van der Waals surface area contributed by atoms with Gasteiger partial charge in [-0.15, -0.1) is 0 Å². The van der Waals surface area contributed by atoms with E-state index in [2.05, 4.69) is 58.5 Å². The maximum Gasteiger partial charge on any atom is 0.122 e. The van der Waals surface area contributed by atoms with Gasteiger partial charge < -0.3 is 9.72 Å². The molecule has 2 rings (SSSR count). The molecule has 0 aliphatic carbocycles. The Morgan fingerprint density at radius 3 is 2.63 bits per heavy atom. The molecule has 1 aromatic heterocycles. The lowest BCUT2D eigenvalue weighted by atomic mass is 10.2. The largest absolute Gasteiger partial charge is 0.376 e. The van der Waals surface area contributed by atoms with Crippen molar-refractivity contribution in [2.45, 2.75) is 32.8 Å². The summed E-state index contributed by atoms with van der Waals surface area (Å²) in [6.45, 7) is 5.70. The highest BCUT2D eigenvalue weighted by Gasteiger charge is 2.10. The number of imidazole rings is 1. The van der Waals surface area contributed by atoms with Crippen LogP contribution in [0.5, 0.6) is 0 Å². The first-order valence-electron chi connectivity index (χ1n) is 6.52. The summed E-state index contributed by atoms with van der Waals surface area (Å²) >= 11 is 2.28. The lowest BCUT2D eigenvalue weighted by molar-refractivity contribution is 0.122. The van der Waals surface area contributed by atoms with Gasteiger partial charge in [0.2, 0.25) is 0 Å². The number of hydrogen-bond acceptors (Lipinski definition) is 2. The standard InChI is InChI=1S/C15H19IN2O/c1-11(2)14-15(16)18-13(17-14)8-9-19-10-12-6-4-3-5-7-12/h3-7,11H,8-10H2,1-2H3,(H,17,18). The van der Waals surface area contributed by atoms with Crippen molar-refractivity contribution in [3.8, 4) is 0 Å². The predicted octanol–water partition coefficient (Wildman–Crippen LogP) is 3.90. The molecule has 0 atom stereocenters. The minimum Gasteiger partial charge on any atom is -0.376 e. The van der Waals surface area contributed by atoms with Crippen LogP contribution in [-0.4, -0.2) is 16.6 Å². The fraction of sp³-hybridized carbons (Fsp3) is 0.400. The van der Waals surface area contributed by atoms with Crippen LogP contribution in [0.2, 0.25) is 0 Å². The smallest absolute Gasteiger partial charge is 0.122 e. The number of halogens is 1. The van der Waals surface area contributed by atoms with E-state index in [1.807, 2.05) is 18.2 Å². The number of aromatic amines is 1. The van der Waals surface area contributed by atoms with Crippen LogP contribution in [0.15, 0.2) is 30.3 Å². The van der Waals surface area contributed by atoms with Gasteiger partial charge in [-0.25, -0.2) is 4.98 Å². The third-order valence-corrected chi connectivity index (χ3v) is 3.73. The lowest BCUT2D eigenvalue weighted by Gasteiger charge is -2.03. The van der Waals surface area contributed by atoms with Crippen molar-refractivity contribution in [3.05, 3.63) is 51.1 Å². The fourth-order valence-corrected chi connectivity index (χ4v) is 2.90. The summed E-state index contributed by atoms with van der Waals surface area (Å²) < 4.78 is 6.75. The number of nitrogens with one attached hydrogen (secondary N) is 1. The molecule has 3 nitrogen and oxygen atoms in total. The number of ether oxygens (including phenoxy) is 1. The maximum atomic E-state index is 5.67. The summed E-state index contributed by atoms with van der Waals surface area (Å²) in [6.07, 6.45) is 0.829. The molecule has 0 fully saturated rings. The van der Waals surface area contributed by atoms with Crippen LogP contribution in [0.3, 0.4) is 0 Å². The summed E-state index contributed by atoms with van der Waals surface area (Å²) in [5, 5.41) is 0. The van der Waals surface area contributed by atoms with Crippen molar-refractivity contribution in [2.24, 2.45) is 0 Å². The summed E-state index contributed by atoms with van der Waals surface area (Å²) in [7, 11) is 0. The van der Waals surface area contributed by atoms with Crippen LogP contribution < -0.4 is 0 Å². The van der Waals surface area contributed by atoms with Crippen molar-refractivity contribution in [1.29, 1.82) is 0 Å². The van der Waals surface area contributed by atoms with E-state index in [1.54, 1.807) is 0 Å². The van der Waals surface area contributed by atoms with Crippen LogP contribution in [0, 0.1) is 3.70 Å². The Bertz CT molecular complexity index is 508. The van der Waals surface area contributed by atoms with Crippen LogP contribution in [0.25, 0.3) is 0 Å². The molecule has 102 valence electrons. The Kier molecular flexibility index (Phi) is 5.39. The number of benzene rings is 1. The molecule has 0 spiro atoms. The number of nitrogens with zero attached hydrogens (tertiary/aromatic N) is 1. The number of hydrogen-bond donors (Lipinski definition) is 1. The second-order valence-corrected chi connectivity index (χ2v) is 5.85. The van der Waals surface area contributed by atoms with E-state index in [0.717, 1.165) is 15.9 Å². The topological polar surface area (TPSA) is 37.9 Å². The SMILES string of the molecule is CC(C)c1[nH]c(CCOCc2ccccc2)nc1I. The van der Waals surface area contributed by atoms with Gasteiger partial charge in [0, 0.05) is 6.42 Å². The number of aromatic nitrogens is 2. The van der Waals surface area contributed by atoms with E-state index in [4.69, 9.17) is 4.74 Å². The first-order chi connectivity index (χ1) is 9.16. The van der Waals surface area contributed by atoms with Gasteiger partial charge in [-0.05, 0) is 34.1 Å². The molecule has 19 heavy (non-hydrogen) atoms. The van der Waals surface area contributed by atoms with Gasteiger partial charge in [0.05, 0.1) is 18.9 Å².